The highest BCUT2D eigenvalue weighted by molar-refractivity contribution is 7.09. The van der Waals surface area contributed by atoms with Gasteiger partial charge in [-0.3, -0.25) is 14.9 Å². The van der Waals surface area contributed by atoms with Gasteiger partial charge in [-0.1, -0.05) is 0 Å². The van der Waals surface area contributed by atoms with E-state index < -0.39 is 10.8 Å². The molecule has 0 radical (unpaired) electrons. The molecule has 2 aromatic rings. The van der Waals surface area contributed by atoms with Crippen LogP contribution in [0.1, 0.15) is 21.1 Å². The monoisotopic (exact) mass is 292 g/mol. The van der Waals surface area contributed by atoms with Crippen LogP contribution in [0.15, 0.2) is 23.6 Å². The summed E-state index contributed by atoms with van der Waals surface area (Å²) < 4.78 is 0. The van der Waals surface area contributed by atoms with Crippen LogP contribution in [0, 0.1) is 17.0 Å². The zero-order valence-corrected chi connectivity index (χ0v) is 11.4. The number of primary amides is 1. The van der Waals surface area contributed by atoms with Crippen LogP contribution >= 0.6 is 11.3 Å². The topological polar surface area (TPSA) is 111 Å². The summed E-state index contributed by atoms with van der Waals surface area (Å²) in [7, 11) is 0. The van der Waals surface area contributed by atoms with E-state index in [2.05, 4.69) is 10.3 Å². The molecule has 2 rings (SSSR count). The van der Waals surface area contributed by atoms with Crippen LogP contribution < -0.4 is 11.1 Å². The van der Waals surface area contributed by atoms with Crippen molar-refractivity contribution in [3.05, 3.63) is 50.0 Å². The third kappa shape index (κ3) is 3.09. The number of hydrogen-bond donors (Lipinski definition) is 2. The molecule has 0 aliphatic carbocycles. The number of aromatic nitrogens is 1. The summed E-state index contributed by atoms with van der Waals surface area (Å²) in [5.74, 6) is -0.699. The quantitative estimate of drug-likeness (QED) is 0.647. The summed E-state index contributed by atoms with van der Waals surface area (Å²) in [5, 5.41) is 16.7. The highest BCUT2D eigenvalue weighted by atomic mass is 32.1. The number of nitrogens with zero attached hydrogens (tertiary/aromatic N) is 2. The summed E-state index contributed by atoms with van der Waals surface area (Å²) in [6, 6.07) is 4.08. The van der Waals surface area contributed by atoms with Gasteiger partial charge in [-0.15, -0.1) is 11.3 Å². The maximum Gasteiger partial charge on any atom is 0.293 e. The molecular weight excluding hydrogens is 280 g/mol. The Morgan fingerprint density at radius 2 is 2.30 bits per heavy atom. The number of rotatable bonds is 5. The van der Waals surface area contributed by atoms with E-state index in [9.17, 15) is 14.9 Å². The Hall–Kier alpha value is -2.48. The van der Waals surface area contributed by atoms with Gasteiger partial charge in [0.15, 0.2) is 0 Å². The third-order valence-corrected chi connectivity index (χ3v) is 3.54. The van der Waals surface area contributed by atoms with Gasteiger partial charge in [0.2, 0.25) is 5.91 Å². The number of anilines is 1. The Balaban J connectivity index is 2.22. The molecule has 0 fully saturated rings. The Bertz CT molecular complexity index is 668. The van der Waals surface area contributed by atoms with Crippen molar-refractivity contribution in [2.24, 2.45) is 5.73 Å². The lowest BCUT2D eigenvalue weighted by molar-refractivity contribution is -0.384. The van der Waals surface area contributed by atoms with E-state index in [1.54, 1.807) is 0 Å². The standard InChI is InChI=1S/C12H12N4O3S/c1-7-6-20-11(15-7)5-14-9-3-2-8(12(13)17)4-10(9)16(18)19/h2-4,6,14H,5H2,1H3,(H2,13,17). The maximum absolute atomic E-state index is 11.0. The number of nitro groups is 1. The molecule has 8 heteroatoms. The number of nitro benzene ring substituents is 1. The smallest absolute Gasteiger partial charge is 0.293 e. The summed E-state index contributed by atoms with van der Waals surface area (Å²) in [6.07, 6.45) is 0. The van der Waals surface area contributed by atoms with Gasteiger partial charge in [0.1, 0.15) is 10.7 Å². The highest BCUT2D eigenvalue weighted by Crippen LogP contribution is 2.26. The lowest BCUT2D eigenvalue weighted by atomic mass is 10.1. The fourth-order valence-corrected chi connectivity index (χ4v) is 2.35. The minimum atomic E-state index is -0.699. The first-order valence-electron chi connectivity index (χ1n) is 5.70. The fourth-order valence-electron chi connectivity index (χ4n) is 1.64. The number of thiazole rings is 1. The predicted molar refractivity (Wildman–Crippen MR) is 75.8 cm³/mol. The number of benzene rings is 1. The molecule has 3 N–H and O–H groups in total. The van der Waals surface area contributed by atoms with E-state index in [4.69, 9.17) is 5.73 Å². The SMILES string of the molecule is Cc1csc(CNc2ccc(C(N)=O)cc2[N+](=O)[O-])n1. The zero-order chi connectivity index (χ0) is 14.7. The molecule has 0 saturated carbocycles. The van der Waals surface area contributed by atoms with Crippen LogP contribution in [0.2, 0.25) is 0 Å². The van der Waals surface area contributed by atoms with Crippen LogP contribution in [-0.2, 0) is 6.54 Å². The average molecular weight is 292 g/mol. The Labute approximate surface area is 118 Å². The average Bonchev–Trinajstić information content (AvgIpc) is 2.81. The summed E-state index contributed by atoms with van der Waals surface area (Å²) in [4.78, 5) is 25.8. The first-order chi connectivity index (χ1) is 9.47. The van der Waals surface area contributed by atoms with Crippen molar-refractivity contribution in [2.75, 3.05) is 5.32 Å². The second-order valence-corrected chi connectivity index (χ2v) is 5.03. The largest absolute Gasteiger partial charge is 0.373 e. The van der Waals surface area contributed by atoms with Crippen molar-refractivity contribution in [1.29, 1.82) is 0 Å². The maximum atomic E-state index is 11.0. The van der Waals surface area contributed by atoms with Crippen LogP contribution in [-0.4, -0.2) is 15.8 Å². The Kier molecular flexibility index (Phi) is 3.94. The van der Waals surface area contributed by atoms with Crippen LogP contribution in [0.3, 0.4) is 0 Å². The number of amides is 1. The molecule has 104 valence electrons. The number of aryl methyl sites for hydroxylation is 1. The van der Waals surface area contributed by atoms with E-state index in [0.29, 0.717) is 12.2 Å². The van der Waals surface area contributed by atoms with Crippen molar-refractivity contribution < 1.29 is 9.72 Å². The minimum absolute atomic E-state index is 0.104. The molecule has 1 amide bonds. The number of nitrogens with two attached hydrogens (primary N) is 1. The molecule has 0 atom stereocenters. The van der Waals surface area contributed by atoms with Crippen molar-refractivity contribution in [1.82, 2.24) is 4.98 Å². The van der Waals surface area contributed by atoms with Gasteiger partial charge in [0.25, 0.3) is 5.69 Å². The van der Waals surface area contributed by atoms with Gasteiger partial charge >= 0.3 is 0 Å². The Morgan fingerprint density at radius 3 is 2.85 bits per heavy atom. The second-order valence-electron chi connectivity index (χ2n) is 4.09. The minimum Gasteiger partial charge on any atom is -0.373 e. The summed E-state index contributed by atoms with van der Waals surface area (Å²) in [5.41, 5.74) is 6.26. The molecule has 0 spiro atoms. The molecule has 0 aliphatic rings. The molecule has 0 saturated heterocycles. The van der Waals surface area contributed by atoms with E-state index in [-0.39, 0.29) is 11.3 Å². The third-order valence-electron chi connectivity index (χ3n) is 2.58. The highest BCUT2D eigenvalue weighted by Gasteiger charge is 2.16. The molecule has 0 unspecified atom stereocenters. The van der Waals surface area contributed by atoms with Crippen molar-refractivity contribution in [3.63, 3.8) is 0 Å². The number of carbonyl (C=O) groups is 1. The normalized spacial score (nSPS) is 10.2. The van der Waals surface area contributed by atoms with Crippen LogP contribution in [0.5, 0.6) is 0 Å². The van der Waals surface area contributed by atoms with Gasteiger partial charge in [0.05, 0.1) is 11.5 Å². The first kappa shape index (κ1) is 13.9. The van der Waals surface area contributed by atoms with Gasteiger partial charge in [-0.05, 0) is 19.1 Å². The molecule has 1 heterocycles. The number of hydrogen-bond acceptors (Lipinski definition) is 6. The van der Waals surface area contributed by atoms with Gasteiger partial charge < -0.3 is 11.1 Å². The second kappa shape index (κ2) is 5.66. The van der Waals surface area contributed by atoms with Crippen molar-refractivity contribution in [3.8, 4) is 0 Å². The summed E-state index contributed by atoms with van der Waals surface area (Å²) in [6.45, 7) is 2.26. The van der Waals surface area contributed by atoms with Gasteiger partial charge in [0, 0.05) is 22.7 Å². The van der Waals surface area contributed by atoms with Crippen molar-refractivity contribution >= 4 is 28.6 Å². The molecule has 20 heavy (non-hydrogen) atoms. The molecule has 1 aromatic heterocycles. The number of carbonyl (C=O) groups excluding carboxylic acids is 1. The summed E-state index contributed by atoms with van der Waals surface area (Å²) >= 11 is 1.47. The van der Waals surface area contributed by atoms with Gasteiger partial charge in [-0.2, -0.15) is 0 Å². The van der Waals surface area contributed by atoms with E-state index in [0.717, 1.165) is 16.8 Å². The van der Waals surface area contributed by atoms with Crippen LogP contribution in [0.25, 0.3) is 0 Å². The zero-order valence-electron chi connectivity index (χ0n) is 10.6. The Morgan fingerprint density at radius 1 is 1.55 bits per heavy atom. The predicted octanol–water partition coefficient (Wildman–Crippen LogP) is 2.07. The van der Waals surface area contributed by atoms with E-state index in [1.807, 2.05) is 12.3 Å². The molecule has 0 bridgehead atoms. The van der Waals surface area contributed by atoms with E-state index in [1.165, 1.54) is 23.5 Å². The molecule has 0 aliphatic heterocycles. The first-order valence-corrected chi connectivity index (χ1v) is 6.58. The lowest BCUT2D eigenvalue weighted by Crippen LogP contribution is -2.12. The van der Waals surface area contributed by atoms with Crippen molar-refractivity contribution in [2.45, 2.75) is 13.5 Å². The molecule has 7 nitrogen and oxygen atoms in total. The number of nitrogens with one attached hydrogen (secondary N) is 1. The van der Waals surface area contributed by atoms with Crippen LogP contribution in [0.4, 0.5) is 11.4 Å². The van der Waals surface area contributed by atoms with E-state index >= 15 is 0 Å². The molecular formula is C12H12N4O3S. The lowest BCUT2D eigenvalue weighted by Gasteiger charge is -2.06. The molecule has 1 aromatic carbocycles. The fraction of sp³-hybridized carbons (Fsp3) is 0.167. The van der Waals surface area contributed by atoms with Gasteiger partial charge in [-0.25, -0.2) is 4.98 Å².